The van der Waals surface area contributed by atoms with Crippen LogP contribution in [0.25, 0.3) is 0 Å². The van der Waals surface area contributed by atoms with Crippen LogP contribution in [0.4, 0.5) is 0 Å². The van der Waals surface area contributed by atoms with Crippen LogP contribution in [-0.2, 0) is 14.3 Å². The molecule has 1 saturated carbocycles. The molecule has 128 valence electrons. The van der Waals surface area contributed by atoms with Crippen molar-refractivity contribution in [1.82, 2.24) is 0 Å². The number of esters is 1. The van der Waals surface area contributed by atoms with Gasteiger partial charge in [0.1, 0.15) is 11.5 Å². The van der Waals surface area contributed by atoms with Crippen molar-refractivity contribution in [2.75, 3.05) is 13.7 Å². The van der Waals surface area contributed by atoms with Gasteiger partial charge >= 0.3 is 5.97 Å². The third kappa shape index (κ3) is 2.77. The van der Waals surface area contributed by atoms with Gasteiger partial charge in [-0.1, -0.05) is 15.9 Å². The van der Waals surface area contributed by atoms with E-state index in [1.165, 1.54) is 7.11 Å². The monoisotopic (exact) mass is 394 g/mol. The molecule has 2 aliphatic rings. The molecule has 0 N–H and O–H groups in total. The van der Waals surface area contributed by atoms with E-state index in [1.54, 1.807) is 13.0 Å². The van der Waals surface area contributed by atoms with Crippen LogP contribution in [0.5, 0.6) is 5.75 Å². The van der Waals surface area contributed by atoms with E-state index in [0.717, 1.165) is 10.0 Å². The Balaban J connectivity index is 1.94. The van der Waals surface area contributed by atoms with Crippen LogP contribution < -0.4 is 4.74 Å². The standard InChI is InChI=1S/C18H19BrO5/c1-3-24-14(21)8-9-6-10-15-11(19)4-5-13(23-2)17(15)18(22)16(10)12(20)7-9/h4-5,9-10,16H,3,6-8H2,1-2H3/t9-,10-,16-/m0/s1. The minimum Gasteiger partial charge on any atom is -0.496 e. The fourth-order valence-electron chi connectivity index (χ4n) is 3.96. The van der Waals surface area contributed by atoms with Crippen molar-refractivity contribution < 1.29 is 23.9 Å². The lowest BCUT2D eigenvalue weighted by molar-refractivity contribution is -0.144. The predicted octanol–water partition coefficient (Wildman–Crippen LogP) is 3.29. The number of halogens is 1. The van der Waals surface area contributed by atoms with E-state index in [4.69, 9.17) is 9.47 Å². The minimum atomic E-state index is -0.647. The van der Waals surface area contributed by atoms with Gasteiger partial charge in [-0.15, -0.1) is 0 Å². The number of benzene rings is 1. The molecule has 1 aromatic carbocycles. The summed E-state index contributed by atoms with van der Waals surface area (Å²) in [6.07, 6.45) is 1.09. The van der Waals surface area contributed by atoms with Gasteiger partial charge in [0.2, 0.25) is 0 Å². The van der Waals surface area contributed by atoms with Crippen molar-refractivity contribution in [2.24, 2.45) is 11.8 Å². The topological polar surface area (TPSA) is 69.7 Å². The molecule has 5 nitrogen and oxygen atoms in total. The third-order valence-corrected chi connectivity index (χ3v) is 5.55. The van der Waals surface area contributed by atoms with Crippen molar-refractivity contribution in [3.63, 3.8) is 0 Å². The first kappa shape index (κ1) is 17.1. The van der Waals surface area contributed by atoms with Crippen LogP contribution in [0.3, 0.4) is 0 Å². The SMILES string of the molecule is CCOC(=O)C[C@@H]1CC(=O)[C@H]2C(=O)c3c(OC)ccc(Br)c3[C@@H]2C1. The second-order valence-electron chi connectivity index (χ2n) is 6.27. The van der Waals surface area contributed by atoms with Crippen molar-refractivity contribution in [1.29, 1.82) is 0 Å². The summed E-state index contributed by atoms with van der Waals surface area (Å²) in [5.41, 5.74) is 1.35. The molecule has 0 heterocycles. The van der Waals surface area contributed by atoms with E-state index in [-0.39, 0.29) is 42.2 Å². The van der Waals surface area contributed by atoms with Crippen LogP contribution in [0.2, 0.25) is 0 Å². The molecule has 2 aliphatic carbocycles. The van der Waals surface area contributed by atoms with Crippen LogP contribution in [0, 0.1) is 11.8 Å². The zero-order valence-corrected chi connectivity index (χ0v) is 15.2. The molecule has 1 aromatic rings. The summed E-state index contributed by atoms with van der Waals surface area (Å²) in [5, 5.41) is 0. The van der Waals surface area contributed by atoms with Crippen molar-refractivity contribution >= 4 is 33.5 Å². The molecule has 0 bridgehead atoms. The fraction of sp³-hybridized carbons (Fsp3) is 0.500. The van der Waals surface area contributed by atoms with E-state index < -0.39 is 5.92 Å². The number of ketones is 2. The lowest BCUT2D eigenvalue weighted by Crippen LogP contribution is -2.33. The number of rotatable bonds is 4. The summed E-state index contributed by atoms with van der Waals surface area (Å²) in [6, 6.07) is 3.57. The summed E-state index contributed by atoms with van der Waals surface area (Å²) in [6.45, 7) is 2.09. The molecule has 0 saturated heterocycles. The average molecular weight is 395 g/mol. The Kier molecular flexibility index (Phi) is 4.76. The van der Waals surface area contributed by atoms with E-state index in [2.05, 4.69) is 15.9 Å². The van der Waals surface area contributed by atoms with Crippen LogP contribution in [-0.4, -0.2) is 31.3 Å². The van der Waals surface area contributed by atoms with Crippen LogP contribution >= 0.6 is 15.9 Å². The number of methoxy groups -OCH3 is 1. The first-order valence-corrected chi connectivity index (χ1v) is 8.86. The predicted molar refractivity (Wildman–Crippen MR) is 90.2 cm³/mol. The lowest BCUT2D eigenvalue weighted by atomic mass is 9.72. The van der Waals surface area contributed by atoms with Gasteiger partial charge in [0.25, 0.3) is 0 Å². The van der Waals surface area contributed by atoms with Crippen molar-refractivity contribution in [3.05, 3.63) is 27.7 Å². The third-order valence-electron chi connectivity index (χ3n) is 4.86. The molecule has 0 aromatic heterocycles. The quantitative estimate of drug-likeness (QED) is 0.578. The highest BCUT2D eigenvalue weighted by molar-refractivity contribution is 9.10. The van der Waals surface area contributed by atoms with Gasteiger partial charge in [-0.2, -0.15) is 0 Å². The van der Waals surface area contributed by atoms with E-state index >= 15 is 0 Å². The maximum Gasteiger partial charge on any atom is 0.306 e. The molecular weight excluding hydrogens is 376 g/mol. The van der Waals surface area contributed by atoms with Crippen molar-refractivity contribution in [2.45, 2.75) is 32.1 Å². The second kappa shape index (κ2) is 6.67. The van der Waals surface area contributed by atoms with E-state index in [9.17, 15) is 14.4 Å². The number of hydrogen-bond acceptors (Lipinski definition) is 5. The normalized spacial score (nSPS) is 25.2. The highest BCUT2D eigenvalue weighted by atomic mass is 79.9. The van der Waals surface area contributed by atoms with Crippen LogP contribution in [0.1, 0.15) is 48.0 Å². The van der Waals surface area contributed by atoms with Gasteiger partial charge < -0.3 is 9.47 Å². The van der Waals surface area contributed by atoms with Crippen LogP contribution in [0.15, 0.2) is 16.6 Å². The maximum atomic E-state index is 12.8. The minimum absolute atomic E-state index is 0.0873. The molecule has 0 amide bonds. The molecule has 3 atom stereocenters. The fourth-order valence-corrected chi connectivity index (χ4v) is 4.58. The molecule has 0 unspecified atom stereocenters. The number of fused-ring (bicyclic) bond motifs is 3. The largest absolute Gasteiger partial charge is 0.496 e. The Morgan fingerprint density at radius 3 is 2.75 bits per heavy atom. The Morgan fingerprint density at radius 1 is 1.33 bits per heavy atom. The molecule has 0 aliphatic heterocycles. The molecule has 3 rings (SSSR count). The summed E-state index contributed by atoms with van der Waals surface area (Å²) < 4.78 is 11.1. The second-order valence-corrected chi connectivity index (χ2v) is 7.12. The highest BCUT2D eigenvalue weighted by Gasteiger charge is 2.50. The zero-order valence-electron chi connectivity index (χ0n) is 13.6. The number of hydrogen-bond donors (Lipinski definition) is 0. The van der Waals surface area contributed by atoms with Crippen molar-refractivity contribution in [3.8, 4) is 5.75 Å². The number of Topliss-reactive ketones (excluding diaryl/α,β-unsaturated/α-hetero) is 2. The van der Waals surface area contributed by atoms with Gasteiger partial charge in [-0.25, -0.2) is 0 Å². The Morgan fingerprint density at radius 2 is 2.08 bits per heavy atom. The van der Waals surface area contributed by atoms with Gasteiger partial charge in [-0.05, 0) is 37.0 Å². The van der Waals surface area contributed by atoms with E-state index in [1.807, 2.05) is 6.07 Å². The number of carbonyl (C=O) groups excluding carboxylic acids is 3. The Labute approximate surface area is 148 Å². The smallest absolute Gasteiger partial charge is 0.306 e. The summed E-state index contributed by atoms with van der Waals surface area (Å²) in [4.78, 5) is 37.1. The maximum absolute atomic E-state index is 12.8. The molecule has 0 spiro atoms. The lowest BCUT2D eigenvalue weighted by Gasteiger charge is -2.30. The summed E-state index contributed by atoms with van der Waals surface area (Å²) in [5.74, 6) is -0.966. The first-order chi connectivity index (χ1) is 11.5. The molecule has 1 fully saturated rings. The summed E-state index contributed by atoms with van der Waals surface area (Å²) >= 11 is 3.51. The average Bonchev–Trinajstić information content (AvgIpc) is 2.83. The van der Waals surface area contributed by atoms with Gasteiger partial charge in [0.15, 0.2) is 5.78 Å². The summed E-state index contributed by atoms with van der Waals surface area (Å²) in [7, 11) is 1.52. The first-order valence-electron chi connectivity index (χ1n) is 8.06. The van der Waals surface area contributed by atoms with Gasteiger partial charge in [-0.3, -0.25) is 14.4 Å². The Hall–Kier alpha value is -1.69. The Bertz CT molecular complexity index is 712. The zero-order chi connectivity index (χ0) is 17.4. The molecule has 24 heavy (non-hydrogen) atoms. The van der Waals surface area contributed by atoms with Gasteiger partial charge in [0, 0.05) is 23.2 Å². The molecule has 0 radical (unpaired) electrons. The van der Waals surface area contributed by atoms with Gasteiger partial charge in [0.05, 0.1) is 25.2 Å². The number of ether oxygens (including phenoxy) is 2. The molecular formula is C18H19BrO5. The highest BCUT2D eigenvalue weighted by Crippen LogP contribution is 2.52. The van der Waals surface area contributed by atoms with E-state index in [0.29, 0.717) is 24.3 Å². The molecule has 6 heteroatoms. The number of carbonyl (C=O) groups is 3.